The van der Waals surface area contributed by atoms with Crippen LogP contribution in [0, 0.1) is 5.92 Å². The van der Waals surface area contributed by atoms with Crippen molar-refractivity contribution in [1.82, 2.24) is 20.0 Å². The van der Waals surface area contributed by atoms with Gasteiger partial charge in [-0.25, -0.2) is 0 Å². The number of nitrogens with two attached hydrogens (primary N) is 1. The van der Waals surface area contributed by atoms with Crippen LogP contribution < -0.4 is 11.1 Å². The Morgan fingerprint density at radius 2 is 2.10 bits per heavy atom. The number of aromatic nitrogens is 2. The van der Waals surface area contributed by atoms with Gasteiger partial charge in [-0.05, 0) is 18.9 Å². The Bertz CT molecular complexity index is 503. The molecule has 1 fully saturated rings. The smallest absolute Gasteiger partial charge is 0.244 e. The van der Waals surface area contributed by atoms with Crippen LogP contribution in [0.25, 0.3) is 0 Å². The van der Waals surface area contributed by atoms with Crippen LogP contribution in [0.2, 0.25) is 0 Å². The molecule has 0 spiro atoms. The van der Waals surface area contributed by atoms with Gasteiger partial charge in [-0.1, -0.05) is 13.8 Å². The zero-order valence-electron chi connectivity index (χ0n) is 12.6. The fraction of sp³-hybridized carbons (Fsp3) is 0.643. The van der Waals surface area contributed by atoms with Crippen molar-refractivity contribution in [3.63, 3.8) is 0 Å². The number of rotatable bonds is 4. The highest BCUT2D eigenvalue weighted by Crippen LogP contribution is 2.12. The fourth-order valence-electron chi connectivity index (χ4n) is 2.35. The maximum Gasteiger partial charge on any atom is 0.244 e. The van der Waals surface area contributed by atoms with E-state index in [9.17, 15) is 9.59 Å². The molecule has 7 heteroatoms. The summed E-state index contributed by atoms with van der Waals surface area (Å²) in [7, 11) is 0. The number of hydrogen-bond donors (Lipinski definition) is 2. The van der Waals surface area contributed by atoms with Gasteiger partial charge < -0.3 is 16.0 Å². The molecule has 0 saturated carbocycles. The lowest BCUT2D eigenvalue weighted by Gasteiger charge is -2.32. The summed E-state index contributed by atoms with van der Waals surface area (Å²) in [6, 6.07) is 1.84. The second kappa shape index (κ2) is 6.60. The van der Waals surface area contributed by atoms with Crippen LogP contribution >= 0.6 is 0 Å². The van der Waals surface area contributed by atoms with Crippen molar-refractivity contribution in [2.24, 2.45) is 5.92 Å². The minimum Gasteiger partial charge on any atom is -0.382 e. The summed E-state index contributed by atoms with van der Waals surface area (Å²) < 4.78 is 1.55. The van der Waals surface area contributed by atoms with E-state index in [1.54, 1.807) is 16.9 Å². The number of carbonyl (C=O) groups is 2. The number of likely N-dealkylation sites (tertiary alicyclic amines) is 1. The standard InChI is InChI=1S/C14H23N5O2/c1-10(2)14(21)16-11-3-6-18(7-4-11)13(20)9-19-8-5-12(15)17-19/h5,8,10-11H,3-4,6-7,9H2,1-2H3,(H2,15,17)(H,16,21). The number of nitrogen functional groups attached to an aromatic ring is 1. The third-order valence-electron chi connectivity index (χ3n) is 3.68. The summed E-state index contributed by atoms with van der Waals surface area (Å²) in [5, 5.41) is 7.03. The predicted octanol–water partition coefficient (Wildman–Crippen LogP) is 0.229. The molecule has 1 saturated heterocycles. The number of piperidine rings is 1. The molecule has 0 unspecified atom stereocenters. The van der Waals surface area contributed by atoms with E-state index in [1.165, 1.54) is 0 Å². The molecule has 0 aromatic carbocycles. The molecule has 1 aromatic rings. The van der Waals surface area contributed by atoms with Gasteiger partial charge in [-0.3, -0.25) is 14.3 Å². The number of amides is 2. The third-order valence-corrected chi connectivity index (χ3v) is 3.68. The lowest BCUT2D eigenvalue weighted by molar-refractivity contribution is -0.133. The molecule has 0 radical (unpaired) electrons. The molecular formula is C14H23N5O2. The quantitative estimate of drug-likeness (QED) is 0.831. The second-order valence-corrected chi connectivity index (χ2v) is 5.76. The van der Waals surface area contributed by atoms with Crippen LogP contribution in [0.15, 0.2) is 12.3 Å². The van der Waals surface area contributed by atoms with E-state index in [1.807, 2.05) is 18.7 Å². The Balaban J connectivity index is 1.78. The van der Waals surface area contributed by atoms with Crippen molar-refractivity contribution in [2.75, 3.05) is 18.8 Å². The topological polar surface area (TPSA) is 93.2 Å². The van der Waals surface area contributed by atoms with Gasteiger partial charge in [0.25, 0.3) is 0 Å². The minimum absolute atomic E-state index is 0.00469. The maximum absolute atomic E-state index is 12.2. The highest BCUT2D eigenvalue weighted by atomic mass is 16.2. The van der Waals surface area contributed by atoms with E-state index in [0.29, 0.717) is 18.9 Å². The van der Waals surface area contributed by atoms with Gasteiger partial charge >= 0.3 is 0 Å². The number of anilines is 1. The van der Waals surface area contributed by atoms with Crippen molar-refractivity contribution >= 4 is 17.6 Å². The largest absolute Gasteiger partial charge is 0.382 e. The van der Waals surface area contributed by atoms with Crippen molar-refractivity contribution < 1.29 is 9.59 Å². The Morgan fingerprint density at radius 3 is 2.62 bits per heavy atom. The van der Waals surface area contributed by atoms with Crippen molar-refractivity contribution in [1.29, 1.82) is 0 Å². The Kier molecular flexibility index (Phi) is 4.82. The minimum atomic E-state index is -0.00469. The van der Waals surface area contributed by atoms with Crippen LogP contribution in [0.5, 0.6) is 0 Å². The van der Waals surface area contributed by atoms with E-state index in [0.717, 1.165) is 12.8 Å². The molecule has 7 nitrogen and oxygen atoms in total. The second-order valence-electron chi connectivity index (χ2n) is 5.76. The zero-order valence-corrected chi connectivity index (χ0v) is 12.6. The Labute approximate surface area is 124 Å². The molecule has 2 amide bonds. The molecule has 2 rings (SSSR count). The monoisotopic (exact) mass is 293 g/mol. The molecular weight excluding hydrogens is 270 g/mol. The molecule has 0 bridgehead atoms. The van der Waals surface area contributed by atoms with Gasteiger partial charge in [-0.15, -0.1) is 0 Å². The van der Waals surface area contributed by atoms with Crippen LogP contribution in [-0.2, 0) is 16.1 Å². The van der Waals surface area contributed by atoms with Crippen molar-refractivity contribution in [3.8, 4) is 0 Å². The summed E-state index contributed by atoms with van der Waals surface area (Å²) >= 11 is 0. The SMILES string of the molecule is CC(C)C(=O)NC1CCN(C(=O)Cn2ccc(N)n2)CC1. The molecule has 0 aliphatic carbocycles. The van der Waals surface area contributed by atoms with Crippen LogP contribution in [-0.4, -0.2) is 45.6 Å². The molecule has 0 atom stereocenters. The fourth-order valence-corrected chi connectivity index (χ4v) is 2.35. The Hall–Kier alpha value is -2.05. The van der Waals surface area contributed by atoms with Gasteiger partial charge in [0.1, 0.15) is 12.4 Å². The van der Waals surface area contributed by atoms with Gasteiger partial charge in [-0.2, -0.15) is 5.10 Å². The summed E-state index contributed by atoms with van der Waals surface area (Å²) in [4.78, 5) is 25.6. The van der Waals surface area contributed by atoms with Gasteiger partial charge in [0, 0.05) is 31.2 Å². The summed E-state index contributed by atoms with van der Waals surface area (Å²) in [5.74, 6) is 0.520. The summed E-state index contributed by atoms with van der Waals surface area (Å²) in [6.07, 6.45) is 3.29. The summed E-state index contributed by atoms with van der Waals surface area (Å²) in [6.45, 7) is 5.30. The molecule has 21 heavy (non-hydrogen) atoms. The first-order chi connectivity index (χ1) is 9.95. The number of nitrogens with one attached hydrogen (secondary N) is 1. The first kappa shape index (κ1) is 15.3. The maximum atomic E-state index is 12.2. The van der Waals surface area contributed by atoms with Crippen LogP contribution in [0.4, 0.5) is 5.82 Å². The Morgan fingerprint density at radius 1 is 1.43 bits per heavy atom. The third kappa shape index (κ3) is 4.21. The molecule has 1 aromatic heterocycles. The molecule has 3 N–H and O–H groups in total. The molecule has 116 valence electrons. The molecule has 1 aliphatic rings. The number of nitrogens with zero attached hydrogens (tertiary/aromatic N) is 3. The molecule has 2 heterocycles. The average molecular weight is 293 g/mol. The van der Waals surface area contributed by atoms with E-state index in [-0.39, 0.29) is 30.3 Å². The molecule has 1 aliphatic heterocycles. The van der Waals surface area contributed by atoms with Crippen LogP contribution in [0.1, 0.15) is 26.7 Å². The number of hydrogen-bond acceptors (Lipinski definition) is 4. The summed E-state index contributed by atoms with van der Waals surface area (Å²) in [5.41, 5.74) is 5.52. The highest BCUT2D eigenvalue weighted by Gasteiger charge is 2.24. The predicted molar refractivity (Wildman–Crippen MR) is 79.2 cm³/mol. The normalized spacial score (nSPS) is 16.2. The van der Waals surface area contributed by atoms with E-state index >= 15 is 0 Å². The van der Waals surface area contributed by atoms with Crippen molar-refractivity contribution in [2.45, 2.75) is 39.3 Å². The first-order valence-electron chi connectivity index (χ1n) is 7.33. The average Bonchev–Trinajstić information content (AvgIpc) is 2.84. The number of carbonyl (C=O) groups excluding carboxylic acids is 2. The van der Waals surface area contributed by atoms with E-state index in [4.69, 9.17) is 5.73 Å². The lowest BCUT2D eigenvalue weighted by atomic mass is 10.0. The lowest BCUT2D eigenvalue weighted by Crippen LogP contribution is -2.48. The first-order valence-corrected chi connectivity index (χ1v) is 7.33. The van der Waals surface area contributed by atoms with Crippen molar-refractivity contribution in [3.05, 3.63) is 12.3 Å². The van der Waals surface area contributed by atoms with Gasteiger partial charge in [0.15, 0.2) is 0 Å². The van der Waals surface area contributed by atoms with E-state index in [2.05, 4.69) is 10.4 Å². The zero-order chi connectivity index (χ0) is 15.4. The highest BCUT2D eigenvalue weighted by molar-refractivity contribution is 5.78. The van der Waals surface area contributed by atoms with Crippen LogP contribution in [0.3, 0.4) is 0 Å². The van der Waals surface area contributed by atoms with E-state index < -0.39 is 0 Å². The van der Waals surface area contributed by atoms with Gasteiger partial charge in [0.2, 0.25) is 11.8 Å². The van der Waals surface area contributed by atoms with Gasteiger partial charge in [0.05, 0.1) is 0 Å².